The molecule has 3 rings (SSSR count). The van der Waals surface area contributed by atoms with Crippen molar-refractivity contribution in [3.8, 4) is 0 Å². The first-order valence-corrected chi connectivity index (χ1v) is 10.7. The number of rotatable bonds is 3. The number of sulfone groups is 1. The van der Waals surface area contributed by atoms with E-state index in [0.717, 1.165) is 15.8 Å². The molecule has 136 valence electrons. The maximum Gasteiger partial charge on any atom is 0.279 e. The summed E-state index contributed by atoms with van der Waals surface area (Å²) >= 11 is 7.47. The molecule has 2 aromatic carbocycles. The van der Waals surface area contributed by atoms with E-state index < -0.39 is 15.7 Å². The molecule has 0 aliphatic heterocycles. The smallest absolute Gasteiger partial charge is 0.279 e. The van der Waals surface area contributed by atoms with Gasteiger partial charge < -0.3 is 4.57 Å². The topological polar surface area (TPSA) is 68.5 Å². The Morgan fingerprint density at radius 3 is 2.69 bits per heavy atom. The van der Waals surface area contributed by atoms with E-state index in [1.54, 1.807) is 19.1 Å². The molecule has 0 bridgehead atoms. The molecular formula is C18H17ClN2O3S2. The molecule has 5 nitrogen and oxygen atoms in total. The number of carbonyl (C=O) groups is 1. The second kappa shape index (κ2) is 6.98. The lowest BCUT2D eigenvalue weighted by Crippen LogP contribution is -2.14. The lowest BCUT2D eigenvalue weighted by Gasteiger charge is -2.03. The van der Waals surface area contributed by atoms with Crippen LogP contribution in [0.5, 0.6) is 0 Å². The van der Waals surface area contributed by atoms with Crippen LogP contribution in [0.2, 0.25) is 5.02 Å². The molecule has 0 spiro atoms. The van der Waals surface area contributed by atoms with E-state index in [0.29, 0.717) is 9.82 Å². The van der Waals surface area contributed by atoms with E-state index in [1.807, 2.05) is 30.7 Å². The van der Waals surface area contributed by atoms with E-state index in [2.05, 4.69) is 4.99 Å². The van der Waals surface area contributed by atoms with Gasteiger partial charge in [-0.05, 0) is 42.8 Å². The lowest BCUT2D eigenvalue weighted by atomic mass is 10.2. The third-order valence-electron chi connectivity index (χ3n) is 4.07. The minimum atomic E-state index is -3.38. The monoisotopic (exact) mass is 408 g/mol. The standard InChI is InChI=1S/C18H17ClN2O3S2/c1-4-26(23,24)14-7-5-6-12(9-14)17(22)20-18-21(3)16-11(2)8-13(19)10-15(16)25-18/h5-10H,4H2,1-3H3. The quantitative estimate of drug-likeness (QED) is 0.663. The van der Waals surface area contributed by atoms with Gasteiger partial charge in [-0.2, -0.15) is 4.99 Å². The molecule has 1 amide bonds. The molecule has 1 aromatic heterocycles. The summed E-state index contributed by atoms with van der Waals surface area (Å²) in [5, 5.41) is 0.632. The molecule has 0 saturated carbocycles. The van der Waals surface area contributed by atoms with Crippen LogP contribution in [-0.2, 0) is 16.9 Å². The number of hydrogen-bond acceptors (Lipinski definition) is 4. The summed E-state index contributed by atoms with van der Waals surface area (Å²) in [5.41, 5.74) is 2.20. The second-order valence-corrected chi connectivity index (χ2v) is 9.59. The van der Waals surface area contributed by atoms with Gasteiger partial charge in [0.2, 0.25) is 0 Å². The van der Waals surface area contributed by atoms with Crippen molar-refractivity contribution < 1.29 is 13.2 Å². The summed E-state index contributed by atoms with van der Waals surface area (Å²) in [6.07, 6.45) is 0. The van der Waals surface area contributed by atoms with Gasteiger partial charge in [0.05, 0.1) is 20.9 Å². The van der Waals surface area contributed by atoms with Gasteiger partial charge in [0.25, 0.3) is 5.91 Å². The van der Waals surface area contributed by atoms with Crippen LogP contribution in [0.3, 0.4) is 0 Å². The van der Waals surface area contributed by atoms with Crippen LogP contribution in [0.4, 0.5) is 0 Å². The van der Waals surface area contributed by atoms with Crippen molar-refractivity contribution in [1.82, 2.24) is 4.57 Å². The molecule has 0 atom stereocenters. The van der Waals surface area contributed by atoms with E-state index in [4.69, 9.17) is 11.6 Å². The zero-order valence-corrected chi connectivity index (χ0v) is 16.9. The van der Waals surface area contributed by atoms with Crippen LogP contribution >= 0.6 is 22.9 Å². The number of aromatic nitrogens is 1. The SMILES string of the molecule is CCS(=O)(=O)c1cccc(C(=O)N=c2sc3cc(Cl)cc(C)c3n2C)c1. The van der Waals surface area contributed by atoms with Crippen LogP contribution in [-0.4, -0.2) is 24.6 Å². The Labute approximate surface area is 160 Å². The molecule has 0 saturated heterocycles. The van der Waals surface area contributed by atoms with Gasteiger partial charge in [0.1, 0.15) is 0 Å². The van der Waals surface area contributed by atoms with Crippen LogP contribution in [0, 0.1) is 6.92 Å². The molecular weight excluding hydrogens is 392 g/mol. The molecule has 0 N–H and O–H groups in total. The number of amides is 1. The van der Waals surface area contributed by atoms with Crippen molar-refractivity contribution in [2.45, 2.75) is 18.7 Å². The Morgan fingerprint density at radius 1 is 1.27 bits per heavy atom. The number of hydrogen-bond donors (Lipinski definition) is 0. The average Bonchev–Trinajstić information content (AvgIpc) is 2.90. The van der Waals surface area contributed by atoms with Gasteiger partial charge in [-0.25, -0.2) is 8.42 Å². The molecule has 26 heavy (non-hydrogen) atoms. The Kier molecular flexibility index (Phi) is 5.05. The predicted molar refractivity (Wildman–Crippen MR) is 105 cm³/mol. The van der Waals surface area contributed by atoms with Crippen LogP contribution in [0.25, 0.3) is 10.2 Å². The van der Waals surface area contributed by atoms with Crippen LogP contribution in [0.15, 0.2) is 46.3 Å². The normalized spacial score (nSPS) is 12.7. The largest absolute Gasteiger partial charge is 0.319 e. The summed E-state index contributed by atoms with van der Waals surface area (Å²) in [6.45, 7) is 3.52. The Balaban J connectivity index is 2.10. The molecule has 3 aromatic rings. The number of thiazole rings is 1. The average molecular weight is 409 g/mol. The van der Waals surface area contributed by atoms with E-state index in [1.165, 1.54) is 23.5 Å². The lowest BCUT2D eigenvalue weighted by molar-refractivity contribution is 0.0997. The van der Waals surface area contributed by atoms with Crippen LogP contribution < -0.4 is 4.80 Å². The molecule has 8 heteroatoms. The number of halogens is 1. The minimum Gasteiger partial charge on any atom is -0.319 e. The molecule has 1 heterocycles. The zero-order valence-electron chi connectivity index (χ0n) is 14.5. The van der Waals surface area contributed by atoms with Gasteiger partial charge in [0.15, 0.2) is 14.6 Å². The van der Waals surface area contributed by atoms with Gasteiger partial charge in [0, 0.05) is 17.6 Å². The summed E-state index contributed by atoms with van der Waals surface area (Å²) in [7, 11) is -1.54. The Bertz CT molecular complexity index is 1190. The summed E-state index contributed by atoms with van der Waals surface area (Å²) in [4.78, 5) is 17.4. The molecule has 0 unspecified atom stereocenters. The number of aryl methyl sites for hydroxylation is 2. The predicted octanol–water partition coefficient (Wildman–Crippen LogP) is 3.74. The fourth-order valence-electron chi connectivity index (χ4n) is 2.71. The highest BCUT2D eigenvalue weighted by Gasteiger charge is 2.15. The van der Waals surface area contributed by atoms with Crippen molar-refractivity contribution >= 4 is 48.9 Å². The highest BCUT2D eigenvalue weighted by molar-refractivity contribution is 7.91. The van der Waals surface area contributed by atoms with Crippen molar-refractivity contribution in [2.75, 3.05) is 5.75 Å². The van der Waals surface area contributed by atoms with Gasteiger partial charge in [-0.3, -0.25) is 4.79 Å². The fourth-order valence-corrected chi connectivity index (χ4v) is 5.11. The number of benzene rings is 2. The van der Waals surface area contributed by atoms with E-state index >= 15 is 0 Å². The van der Waals surface area contributed by atoms with E-state index in [9.17, 15) is 13.2 Å². The van der Waals surface area contributed by atoms with Crippen molar-refractivity contribution in [1.29, 1.82) is 0 Å². The summed E-state index contributed by atoms with van der Waals surface area (Å²) in [6, 6.07) is 9.68. The number of fused-ring (bicyclic) bond motifs is 1. The molecule has 0 radical (unpaired) electrons. The number of carbonyl (C=O) groups excluding carboxylic acids is 1. The molecule has 0 fully saturated rings. The maximum absolute atomic E-state index is 12.6. The summed E-state index contributed by atoms with van der Waals surface area (Å²) < 4.78 is 26.8. The van der Waals surface area contributed by atoms with Crippen LogP contribution in [0.1, 0.15) is 22.8 Å². The number of nitrogens with zero attached hydrogens (tertiary/aromatic N) is 2. The highest BCUT2D eigenvalue weighted by atomic mass is 35.5. The van der Waals surface area contributed by atoms with Crippen molar-refractivity contribution in [3.63, 3.8) is 0 Å². The Hall–Kier alpha value is -1.96. The Morgan fingerprint density at radius 2 is 2.00 bits per heavy atom. The minimum absolute atomic E-state index is 0.0207. The first kappa shape index (κ1) is 18.8. The third-order valence-corrected chi connectivity index (χ3v) is 7.10. The maximum atomic E-state index is 12.6. The fraction of sp³-hybridized carbons (Fsp3) is 0.222. The first-order valence-electron chi connectivity index (χ1n) is 7.90. The molecule has 0 aliphatic carbocycles. The molecule has 0 aliphatic rings. The first-order chi connectivity index (χ1) is 12.2. The highest BCUT2D eigenvalue weighted by Crippen LogP contribution is 2.25. The second-order valence-electron chi connectivity index (χ2n) is 5.86. The van der Waals surface area contributed by atoms with Gasteiger partial charge >= 0.3 is 0 Å². The zero-order chi connectivity index (χ0) is 19.1. The van der Waals surface area contributed by atoms with Gasteiger partial charge in [-0.15, -0.1) is 0 Å². The summed E-state index contributed by atoms with van der Waals surface area (Å²) in [5.74, 6) is -0.503. The van der Waals surface area contributed by atoms with Crippen molar-refractivity contribution in [2.24, 2.45) is 12.0 Å². The van der Waals surface area contributed by atoms with Gasteiger partial charge in [-0.1, -0.05) is 35.9 Å². The van der Waals surface area contributed by atoms with Crippen molar-refractivity contribution in [3.05, 3.63) is 57.3 Å². The van der Waals surface area contributed by atoms with E-state index in [-0.39, 0.29) is 16.2 Å². The third kappa shape index (κ3) is 3.47.